The van der Waals surface area contributed by atoms with E-state index in [-0.39, 0.29) is 16.8 Å². The monoisotopic (exact) mass is 376 g/mol. The first-order chi connectivity index (χ1) is 12.4. The van der Waals surface area contributed by atoms with E-state index in [0.29, 0.717) is 23.8 Å². The highest BCUT2D eigenvalue weighted by Gasteiger charge is 2.27. The van der Waals surface area contributed by atoms with E-state index in [1.54, 1.807) is 0 Å². The fraction of sp³-hybridized carbons (Fsp3) is 0.708. The molecule has 0 saturated carbocycles. The Morgan fingerprint density at radius 1 is 1.00 bits per heavy atom. The van der Waals surface area contributed by atoms with Crippen LogP contribution < -0.4 is 4.74 Å². The van der Waals surface area contributed by atoms with Crippen molar-refractivity contribution in [2.75, 3.05) is 0 Å². The number of ether oxygens (including phenoxy) is 1. The van der Waals surface area contributed by atoms with Gasteiger partial charge in [0.05, 0.1) is 0 Å². The van der Waals surface area contributed by atoms with Crippen LogP contribution in [0, 0.1) is 5.92 Å². The predicted octanol–water partition coefficient (Wildman–Crippen LogP) is 6.89. The molecule has 1 rings (SSSR count). The van der Waals surface area contributed by atoms with Gasteiger partial charge in [-0.15, -0.1) is 0 Å². The molecule has 0 fully saturated rings. The van der Waals surface area contributed by atoms with Crippen molar-refractivity contribution in [3.05, 3.63) is 23.3 Å². The van der Waals surface area contributed by atoms with E-state index >= 15 is 0 Å². The molecular weight excluding hydrogens is 336 g/mol. The van der Waals surface area contributed by atoms with Gasteiger partial charge in [-0.1, -0.05) is 81.1 Å². The number of aromatic hydroxyl groups is 1. The Morgan fingerprint density at radius 2 is 1.52 bits per heavy atom. The predicted molar refractivity (Wildman–Crippen MR) is 114 cm³/mol. The third-order valence-corrected chi connectivity index (χ3v) is 5.23. The van der Waals surface area contributed by atoms with Gasteiger partial charge in [0, 0.05) is 17.5 Å². The van der Waals surface area contributed by atoms with Crippen LogP contribution in [-0.4, -0.2) is 11.1 Å². The molecule has 0 saturated heterocycles. The molecule has 0 aliphatic carbocycles. The summed E-state index contributed by atoms with van der Waals surface area (Å²) < 4.78 is 5.69. The average molecular weight is 377 g/mol. The van der Waals surface area contributed by atoms with E-state index in [1.807, 2.05) is 12.1 Å². The minimum absolute atomic E-state index is 0.185. The van der Waals surface area contributed by atoms with Crippen molar-refractivity contribution in [2.24, 2.45) is 5.92 Å². The SMILES string of the molecule is CCCCC(CC)CCC(=O)Oc1cc(C(C)(C)C)c(O)c(C(C)(C)C)c1. The topological polar surface area (TPSA) is 46.5 Å². The fourth-order valence-corrected chi connectivity index (χ4v) is 3.36. The van der Waals surface area contributed by atoms with Crippen LogP contribution in [0.4, 0.5) is 0 Å². The number of esters is 1. The summed E-state index contributed by atoms with van der Waals surface area (Å²) >= 11 is 0. The molecule has 0 aliphatic heterocycles. The van der Waals surface area contributed by atoms with E-state index < -0.39 is 0 Å². The van der Waals surface area contributed by atoms with Crippen molar-refractivity contribution >= 4 is 5.97 Å². The number of rotatable bonds is 8. The van der Waals surface area contributed by atoms with Crippen molar-refractivity contribution in [1.82, 2.24) is 0 Å². The molecule has 0 aromatic heterocycles. The van der Waals surface area contributed by atoms with Crippen molar-refractivity contribution in [3.8, 4) is 11.5 Å². The highest BCUT2D eigenvalue weighted by atomic mass is 16.5. The number of unbranched alkanes of at least 4 members (excludes halogenated alkanes) is 1. The van der Waals surface area contributed by atoms with Crippen LogP contribution in [-0.2, 0) is 15.6 Å². The maximum Gasteiger partial charge on any atom is 0.311 e. The second-order valence-corrected chi connectivity index (χ2v) is 9.80. The quantitative estimate of drug-likeness (QED) is 0.397. The van der Waals surface area contributed by atoms with Gasteiger partial charge in [0.25, 0.3) is 0 Å². The Morgan fingerprint density at radius 3 is 1.93 bits per heavy atom. The van der Waals surface area contributed by atoms with E-state index in [9.17, 15) is 9.90 Å². The Hall–Kier alpha value is -1.51. The highest BCUT2D eigenvalue weighted by molar-refractivity contribution is 5.73. The minimum atomic E-state index is -0.236. The molecule has 1 unspecified atom stereocenters. The maximum absolute atomic E-state index is 12.4. The zero-order valence-electron chi connectivity index (χ0n) is 18.7. The summed E-state index contributed by atoms with van der Waals surface area (Å²) in [5.74, 6) is 1.25. The van der Waals surface area contributed by atoms with Gasteiger partial charge < -0.3 is 9.84 Å². The summed E-state index contributed by atoms with van der Waals surface area (Å²) in [6.45, 7) is 16.7. The summed E-state index contributed by atoms with van der Waals surface area (Å²) in [5, 5.41) is 10.8. The molecule has 1 aromatic carbocycles. The van der Waals surface area contributed by atoms with Gasteiger partial charge in [0.15, 0.2) is 0 Å². The Balaban J connectivity index is 2.98. The number of carbonyl (C=O) groups excluding carboxylic acids is 1. The molecule has 0 aliphatic rings. The number of hydrogen-bond donors (Lipinski definition) is 1. The van der Waals surface area contributed by atoms with Crippen LogP contribution in [0.15, 0.2) is 12.1 Å². The van der Waals surface area contributed by atoms with Gasteiger partial charge in [-0.3, -0.25) is 4.79 Å². The largest absolute Gasteiger partial charge is 0.507 e. The highest BCUT2D eigenvalue weighted by Crippen LogP contribution is 2.41. The summed E-state index contributed by atoms with van der Waals surface area (Å²) in [6.07, 6.45) is 6.02. The van der Waals surface area contributed by atoms with E-state index in [2.05, 4.69) is 55.4 Å². The Bertz CT molecular complexity index is 582. The number of phenols is 1. The first kappa shape index (κ1) is 23.5. The number of benzene rings is 1. The van der Waals surface area contributed by atoms with Gasteiger partial charge in [-0.2, -0.15) is 0 Å². The second-order valence-electron chi connectivity index (χ2n) is 9.80. The van der Waals surface area contributed by atoms with E-state index in [0.717, 1.165) is 24.0 Å². The standard InChI is InChI=1S/C24H40O3/c1-9-11-12-17(10-2)13-14-21(25)27-18-15-19(23(3,4)5)22(26)20(16-18)24(6,7)8/h15-17,26H,9-14H2,1-8H3. The third-order valence-electron chi connectivity index (χ3n) is 5.23. The van der Waals surface area contributed by atoms with E-state index in [4.69, 9.17) is 4.74 Å². The molecule has 1 atom stereocenters. The minimum Gasteiger partial charge on any atom is -0.507 e. The Kier molecular flexibility index (Phi) is 8.38. The molecular formula is C24H40O3. The van der Waals surface area contributed by atoms with Crippen molar-refractivity contribution in [1.29, 1.82) is 0 Å². The molecule has 3 heteroatoms. The van der Waals surface area contributed by atoms with E-state index in [1.165, 1.54) is 19.3 Å². The smallest absolute Gasteiger partial charge is 0.311 e. The number of hydrogen-bond acceptors (Lipinski definition) is 3. The first-order valence-electron chi connectivity index (χ1n) is 10.5. The average Bonchev–Trinajstić information content (AvgIpc) is 2.54. The summed E-state index contributed by atoms with van der Waals surface area (Å²) in [6, 6.07) is 3.63. The zero-order valence-corrected chi connectivity index (χ0v) is 18.7. The first-order valence-corrected chi connectivity index (χ1v) is 10.5. The molecule has 0 spiro atoms. The van der Waals surface area contributed by atoms with Gasteiger partial charge in [-0.25, -0.2) is 0 Å². The van der Waals surface area contributed by atoms with Gasteiger partial charge in [-0.05, 0) is 35.3 Å². The fourth-order valence-electron chi connectivity index (χ4n) is 3.36. The lowest BCUT2D eigenvalue weighted by atomic mass is 9.79. The van der Waals surface area contributed by atoms with Gasteiger partial charge in [0.1, 0.15) is 11.5 Å². The number of phenolic OH excluding ortho intramolecular Hbond substituents is 1. The Labute approximate surface area is 166 Å². The van der Waals surface area contributed by atoms with Crippen LogP contribution in [0.25, 0.3) is 0 Å². The molecule has 0 amide bonds. The molecule has 1 aromatic rings. The van der Waals surface area contributed by atoms with Crippen molar-refractivity contribution in [2.45, 2.75) is 105 Å². The lowest BCUT2D eigenvalue weighted by Gasteiger charge is -2.28. The third kappa shape index (κ3) is 7.20. The molecule has 27 heavy (non-hydrogen) atoms. The van der Waals surface area contributed by atoms with Gasteiger partial charge >= 0.3 is 5.97 Å². The lowest BCUT2D eigenvalue weighted by Crippen LogP contribution is -2.18. The summed E-state index contributed by atoms with van der Waals surface area (Å²) in [4.78, 5) is 12.4. The van der Waals surface area contributed by atoms with Crippen LogP contribution in [0.2, 0.25) is 0 Å². The summed E-state index contributed by atoms with van der Waals surface area (Å²) in [7, 11) is 0. The molecule has 0 heterocycles. The molecule has 154 valence electrons. The van der Waals surface area contributed by atoms with Crippen molar-refractivity contribution < 1.29 is 14.6 Å². The van der Waals surface area contributed by atoms with Crippen molar-refractivity contribution in [3.63, 3.8) is 0 Å². The second kappa shape index (κ2) is 9.61. The van der Waals surface area contributed by atoms with Crippen LogP contribution >= 0.6 is 0 Å². The molecule has 3 nitrogen and oxygen atoms in total. The van der Waals surface area contributed by atoms with Gasteiger partial charge in [0.2, 0.25) is 0 Å². The molecule has 0 radical (unpaired) electrons. The van der Waals surface area contributed by atoms with Crippen LogP contribution in [0.1, 0.15) is 105 Å². The zero-order chi connectivity index (χ0) is 20.8. The molecule has 1 N–H and O–H groups in total. The summed E-state index contributed by atoms with van der Waals surface area (Å²) in [5.41, 5.74) is 1.15. The van der Waals surface area contributed by atoms with Crippen LogP contribution in [0.3, 0.4) is 0 Å². The number of carbonyl (C=O) groups is 1. The molecule has 0 bridgehead atoms. The normalized spacial score (nSPS) is 13.5. The lowest BCUT2D eigenvalue weighted by molar-refractivity contribution is -0.134. The maximum atomic E-state index is 12.4. The van der Waals surface area contributed by atoms with Crippen LogP contribution in [0.5, 0.6) is 11.5 Å².